The molecule has 0 unspecified atom stereocenters. The second kappa shape index (κ2) is 7.16. The number of allylic oxidation sites excluding steroid dienone is 2. The third-order valence-corrected chi connectivity index (χ3v) is 4.21. The van der Waals surface area contributed by atoms with Crippen LogP contribution in [0.15, 0.2) is 41.3 Å². The van der Waals surface area contributed by atoms with E-state index >= 15 is 0 Å². The molecule has 0 atom stereocenters. The van der Waals surface area contributed by atoms with Crippen molar-refractivity contribution in [3.05, 3.63) is 57.0 Å². The summed E-state index contributed by atoms with van der Waals surface area (Å²) in [6.07, 6.45) is 4.41. The molecule has 0 bridgehead atoms. The van der Waals surface area contributed by atoms with Crippen molar-refractivity contribution in [3.8, 4) is 0 Å². The molecular formula is C14H9N2O5S2-. The lowest BCUT2D eigenvalue weighted by molar-refractivity contribution is -0.385. The molecule has 0 spiro atoms. The van der Waals surface area contributed by atoms with Crippen molar-refractivity contribution in [3.63, 3.8) is 0 Å². The zero-order valence-electron chi connectivity index (χ0n) is 11.5. The number of carboxylic acids is 1. The van der Waals surface area contributed by atoms with E-state index in [0.29, 0.717) is 5.56 Å². The molecule has 1 aromatic carbocycles. The number of hydrogen-bond acceptors (Lipinski definition) is 7. The molecule has 9 heteroatoms. The van der Waals surface area contributed by atoms with Gasteiger partial charge in [-0.2, -0.15) is 0 Å². The first-order valence-corrected chi connectivity index (χ1v) is 7.48. The van der Waals surface area contributed by atoms with E-state index in [1.54, 1.807) is 18.2 Å². The zero-order valence-corrected chi connectivity index (χ0v) is 13.1. The van der Waals surface area contributed by atoms with Crippen molar-refractivity contribution in [1.82, 2.24) is 4.90 Å². The predicted molar refractivity (Wildman–Crippen MR) is 87.1 cm³/mol. The summed E-state index contributed by atoms with van der Waals surface area (Å²) in [5.41, 5.74) is 0.334. The summed E-state index contributed by atoms with van der Waals surface area (Å²) in [4.78, 5) is 34.1. The molecule has 0 aliphatic carbocycles. The average Bonchev–Trinajstić information content (AvgIpc) is 2.75. The molecule has 7 nitrogen and oxygen atoms in total. The highest BCUT2D eigenvalue weighted by Gasteiger charge is 2.31. The van der Waals surface area contributed by atoms with Crippen LogP contribution in [-0.4, -0.2) is 32.6 Å². The maximum atomic E-state index is 12.0. The van der Waals surface area contributed by atoms with Gasteiger partial charge in [-0.05, 0) is 18.2 Å². The van der Waals surface area contributed by atoms with Gasteiger partial charge in [0, 0.05) is 6.07 Å². The molecule has 1 fully saturated rings. The van der Waals surface area contributed by atoms with Crippen molar-refractivity contribution in [2.45, 2.75) is 0 Å². The van der Waals surface area contributed by atoms with E-state index in [1.807, 2.05) is 0 Å². The number of nitro groups is 1. The number of nitro benzene ring substituents is 1. The number of aliphatic carboxylic acids is 1. The van der Waals surface area contributed by atoms with E-state index in [-0.39, 0.29) is 14.9 Å². The standard InChI is InChI=1S/C14H10N2O5S2/c17-12(18)8-15-13(19)11(23-14(15)22)7-3-5-9-4-1-2-6-10(9)16(20)21/h1-7H,8H2,(H,17,18)/p-1/b5-3-,11-7+. The first kappa shape index (κ1) is 16.8. The lowest BCUT2D eigenvalue weighted by atomic mass is 10.1. The quantitative estimate of drug-likeness (QED) is 0.339. The Hall–Kier alpha value is -2.52. The van der Waals surface area contributed by atoms with Crippen LogP contribution in [0.4, 0.5) is 5.69 Å². The highest BCUT2D eigenvalue weighted by molar-refractivity contribution is 8.26. The third-order valence-electron chi connectivity index (χ3n) is 2.82. The summed E-state index contributed by atoms with van der Waals surface area (Å²) >= 11 is 5.90. The summed E-state index contributed by atoms with van der Waals surface area (Å²) in [7, 11) is 0. The van der Waals surface area contributed by atoms with Crippen LogP contribution in [0, 0.1) is 10.1 Å². The second-order valence-electron chi connectivity index (χ2n) is 4.34. The fraction of sp³-hybridized carbons (Fsp3) is 0.0714. The van der Waals surface area contributed by atoms with Crippen LogP contribution in [0.3, 0.4) is 0 Å². The van der Waals surface area contributed by atoms with Crippen molar-refractivity contribution in [1.29, 1.82) is 0 Å². The van der Waals surface area contributed by atoms with Crippen molar-refractivity contribution < 1.29 is 19.6 Å². The van der Waals surface area contributed by atoms with E-state index in [9.17, 15) is 24.8 Å². The molecule has 0 saturated carbocycles. The molecule has 23 heavy (non-hydrogen) atoms. The number of hydrogen-bond donors (Lipinski definition) is 0. The van der Waals surface area contributed by atoms with Gasteiger partial charge in [-0.3, -0.25) is 19.8 Å². The van der Waals surface area contributed by atoms with Gasteiger partial charge in [-0.1, -0.05) is 42.2 Å². The second-order valence-corrected chi connectivity index (χ2v) is 6.01. The highest BCUT2D eigenvalue weighted by atomic mass is 32.2. The van der Waals surface area contributed by atoms with Crippen LogP contribution in [0.2, 0.25) is 0 Å². The van der Waals surface area contributed by atoms with E-state index in [0.717, 1.165) is 16.7 Å². The first-order chi connectivity index (χ1) is 10.9. The first-order valence-electron chi connectivity index (χ1n) is 6.25. The summed E-state index contributed by atoms with van der Waals surface area (Å²) in [5, 5.41) is 21.5. The SMILES string of the molecule is O=C([O-])CN1C(=O)/C(=C\C=C/c2ccccc2[N+](=O)[O-])SC1=S. The van der Waals surface area contributed by atoms with E-state index in [2.05, 4.69) is 0 Å². The largest absolute Gasteiger partial charge is 0.548 e. The fourth-order valence-corrected chi connectivity index (χ4v) is 3.02. The number of para-hydroxylation sites is 1. The Morgan fingerprint density at radius 1 is 1.39 bits per heavy atom. The zero-order chi connectivity index (χ0) is 17.0. The molecule has 1 heterocycles. The Balaban J connectivity index is 2.18. The van der Waals surface area contributed by atoms with Gasteiger partial charge in [0.15, 0.2) is 0 Å². The van der Waals surface area contributed by atoms with Crippen molar-refractivity contribution in [2.24, 2.45) is 0 Å². The van der Waals surface area contributed by atoms with Crippen LogP contribution in [-0.2, 0) is 9.59 Å². The lowest BCUT2D eigenvalue weighted by Crippen LogP contribution is -2.40. The third kappa shape index (κ3) is 4.02. The molecule has 0 radical (unpaired) electrons. The number of rotatable bonds is 5. The molecule has 1 aromatic rings. The molecule has 118 valence electrons. The van der Waals surface area contributed by atoms with E-state index in [4.69, 9.17) is 12.2 Å². The molecule has 0 N–H and O–H groups in total. The highest BCUT2D eigenvalue weighted by Crippen LogP contribution is 2.30. The van der Waals surface area contributed by atoms with Crippen molar-refractivity contribution >= 4 is 51.9 Å². The monoisotopic (exact) mass is 349 g/mol. The molecule has 1 saturated heterocycles. The van der Waals surface area contributed by atoms with Crippen LogP contribution in [0.5, 0.6) is 0 Å². The number of carbonyl (C=O) groups excluding carboxylic acids is 2. The van der Waals surface area contributed by atoms with Gasteiger partial charge < -0.3 is 9.90 Å². The molecule has 1 aliphatic rings. The maximum absolute atomic E-state index is 12.0. The number of thiocarbonyl (C=S) groups is 1. The summed E-state index contributed by atoms with van der Waals surface area (Å²) in [6.45, 7) is -0.601. The van der Waals surface area contributed by atoms with Gasteiger partial charge >= 0.3 is 0 Å². The Kier molecular flexibility index (Phi) is 5.24. The Labute approximate surface area is 140 Å². The van der Waals surface area contributed by atoms with Crippen LogP contribution in [0.25, 0.3) is 6.08 Å². The van der Waals surface area contributed by atoms with E-state index in [1.165, 1.54) is 24.3 Å². The normalized spacial score (nSPS) is 16.5. The lowest BCUT2D eigenvalue weighted by Gasteiger charge is -2.14. The smallest absolute Gasteiger partial charge is 0.276 e. The summed E-state index contributed by atoms with van der Waals surface area (Å²) in [5.74, 6) is -1.94. The van der Waals surface area contributed by atoms with E-state index < -0.39 is 23.3 Å². The molecule has 0 aromatic heterocycles. The predicted octanol–water partition coefficient (Wildman–Crippen LogP) is 1.10. The minimum atomic E-state index is -1.40. The molecule has 2 rings (SSSR count). The minimum Gasteiger partial charge on any atom is -0.548 e. The molecular weight excluding hydrogens is 340 g/mol. The van der Waals surface area contributed by atoms with Gasteiger partial charge in [0.2, 0.25) is 0 Å². The van der Waals surface area contributed by atoms with Crippen LogP contribution in [0.1, 0.15) is 5.56 Å². The van der Waals surface area contributed by atoms with Gasteiger partial charge in [-0.15, -0.1) is 0 Å². The van der Waals surface area contributed by atoms with Crippen LogP contribution >= 0.6 is 24.0 Å². The van der Waals surface area contributed by atoms with Crippen molar-refractivity contribution in [2.75, 3.05) is 6.54 Å². The minimum absolute atomic E-state index is 0.0540. The Morgan fingerprint density at radius 2 is 2.09 bits per heavy atom. The Bertz CT molecular complexity index is 757. The summed E-state index contributed by atoms with van der Waals surface area (Å²) in [6, 6.07) is 6.16. The number of benzene rings is 1. The fourth-order valence-electron chi connectivity index (χ4n) is 1.81. The molecule has 1 aliphatic heterocycles. The number of carbonyl (C=O) groups is 2. The number of carboxylic acid groups (broad SMARTS) is 1. The number of thioether (sulfide) groups is 1. The molecule has 1 amide bonds. The van der Waals surface area contributed by atoms with Gasteiger partial charge in [0.1, 0.15) is 4.32 Å². The van der Waals surface area contributed by atoms with Gasteiger partial charge in [0.25, 0.3) is 11.6 Å². The van der Waals surface area contributed by atoms with Crippen LogP contribution < -0.4 is 5.11 Å². The summed E-state index contributed by atoms with van der Waals surface area (Å²) < 4.78 is 0.129. The number of amides is 1. The number of nitrogens with zero attached hydrogens (tertiary/aromatic N) is 2. The van der Waals surface area contributed by atoms with Gasteiger partial charge in [-0.25, -0.2) is 0 Å². The van der Waals surface area contributed by atoms with Gasteiger partial charge in [0.05, 0.1) is 27.9 Å². The topological polar surface area (TPSA) is 104 Å². The average molecular weight is 349 g/mol. The maximum Gasteiger partial charge on any atom is 0.276 e. The Morgan fingerprint density at radius 3 is 2.74 bits per heavy atom.